The zero-order valence-electron chi connectivity index (χ0n) is 10.1. The van der Waals surface area contributed by atoms with Gasteiger partial charge in [-0.15, -0.1) is 0 Å². The summed E-state index contributed by atoms with van der Waals surface area (Å²) in [5.74, 6) is -1.97. The first-order valence-electron chi connectivity index (χ1n) is 5.51. The van der Waals surface area contributed by atoms with Crippen LogP contribution in [0.5, 0.6) is 0 Å². The molecule has 1 amide bonds. The molecule has 0 unspecified atom stereocenters. The highest BCUT2D eigenvalue weighted by molar-refractivity contribution is 6.04. The number of amides is 1. The molecule has 2 aromatic rings. The third-order valence-electron chi connectivity index (χ3n) is 2.46. The zero-order valence-corrected chi connectivity index (χ0v) is 10.1. The van der Waals surface area contributed by atoms with E-state index in [-0.39, 0.29) is 11.3 Å². The number of carbonyl (C=O) groups is 1. The van der Waals surface area contributed by atoms with Gasteiger partial charge in [-0.05, 0) is 24.3 Å². The maximum Gasteiger partial charge on any atom is 0.257 e. The van der Waals surface area contributed by atoms with E-state index < -0.39 is 17.5 Å². The van der Waals surface area contributed by atoms with E-state index in [0.29, 0.717) is 5.82 Å². The van der Waals surface area contributed by atoms with Gasteiger partial charge in [-0.25, -0.2) is 13.8 Å². The molecule has 1 heterocycles. The second-order valence-electron chi connectivity index (χ2n) is 3.73. The SMILES string of the molecule is CNc1c(F)cc(C(=O)Nc2ccccn2)cc1F. The van der Waals surface area contributed by atoms with Crippen molar-refractivity contribution in [1.29, 1.82) is 0 Å². The van der Waals surface area contributed by atoms with E-state index in [2.05, 4.69) is 15.6 Å². The molecule has 1 aromatic heterocycles. The predicted octanol–water partition coefficient (Wildman–Crippen LogP) is 2.65. The van der Waals surface area contributed by atoms with Gasteiger partial charge >= 0.3 is 0 Å². The molecule has 0 aliphatic heterocycles. The number of rotatable bonds is 3. The molecule has 1 aromatic carbocycles. The summed E-state index contributed by atoms with van der Waals surface area (Å²) in [4.78, 5) is 15.7. The fraction of sp³-hybridized carbons (Fsp3) is 0.0769. The summed E-state index contributed by atoms with van der Waals surface area (Å²) in [6, 6.07) is 6.89. The molecule has 0 saturated heterocycles. The fourth-order valence-electron chi connectivity index (χ4n) is 1.57. The van der Waals surface area contributed by atoms with Crippen LogP contribution < -0.4 is 10.6 Å². The molecule has 4 nitrogen and oxygen atoms in total. The number of anilines is 2. The van der Waals surface area contributed by atoms with Crippen molar-refractivity contribution < 1.29 is 13.6 Å². The summed E-state index contributed by atoms with van der Waals surface area (Å²) in [7, 11) is 1.40. The predicted molar refractivity (Wildman–Crippen MR) is 68.1 cm³/mol. The summed E-state index contributed by atoms with van der Waals surface area (Å²) in [6.07, 6.45) is 1.50. The molecule has 0 aliphatic rings. The smallest absolute Gasteiger partial charge is 0.257 e. The van der Waals surface area contributed by atoms with Crippen molar-refractivity contribution >= 4 is 17.4 Å². The van der Waals surface area contributed by atoms with Crippen molar-refractivity contribution in [1.82, 2.24) is 4.98 Å². The molecule has 0 atom stereocenters. The van der Waals surface area contributed by atoms with Crippen LogP contribution in [0.15, 0.2) is 36.5 Å². The number of nitrogens with one attached hydrogen (secondary N) is 2. The Balaban J connectivity index is 2.25. The lowest BCUT2D eigenvalue weighted by atomic mass is 10.1. The molecule has 19 heavy (non-hydrogen) atoms. The summed E-state index contributed by atoms with van der Waals surface area (Å²) in [6.45, 7) is 0. The monoisotopic (exact) mass is 263 g/mol. The van der Waals surface area contributed by atoms with Crippen LogP contribution in [-0.4, -0.2) is 17.9 Å². The van der Waals surface area contributed by atoms with E-state index in [0.717, 1.165) is 12.1 Å². The highest BCUT2D eigenvalue weighted by Crippen LogP contribution is 2.20. The third-order valence-corrected chi connectivity index (χ3v) is 2.46. The largest absolute Gasteiger partial charge is 0.383 e. The Hall–Kier alpha value is -2.50. The van der Waals surface area contributed by atoms with Crippen molar-refractivity contribution in [2.24, 2.45) is 0 Å². The summed E-state index contributed by atoms with van der Waals surface area (Å²) >= 11 is 0. The second-order valence-corrected chi connectivity index (χ2v) is 3.73. The van der Waals surface area contributed by atoms with Crippen molar-refractivity contribution in [2.75, 3.05) is 17.7 Å². The van der Waals surface area contributed by atoms with Crippen molar-refractivity contribution in [3.8, 4) is 0 Å². The molecule has 98 valence electrons. The molecular formula is C13H11F2N3O. The number of aromatic nitrogens is 1. The van der Waals surface area contributed by atoms with Crippen LogP contribution in [0.3, 0.4) is 0 Å². The average molecular weight is 263 g/mol. The fourth-order valence-corrected chi connectivity index (χ4v) is 1.57. The van der Waals surface area contributed by atoms with Gasteiger partial charge in [0.05, 0.1) is 0 Å². The Kier molecular flexibility index (Phi) is 3.70. The van der Waals surface area contributed by atoms with Gasteiger partial charge in [0.25, 0.3) is 5.91 Å². The number of benzene rings is 1. The van der Waals surface area contributed by atoms with Gasteiger partial charge in [0, 0.05) is 18.8 Å². The number of hydrogen-bond donors (Lipinski definition) is 2. The Morgan fingerprint density at radius 3 is 2.42 bits per heavy atom. The van der Waals surface area contributed by atoms with Crippen LogP contribution in [-0.2, 0) is 0 Å². The van der Waals surface area contributed by atoms with Gasteiger partial charge < -0.3 is 10.6 Å². The van der Waals surface area contributed by atoms with Gasteiger partial charge in [0.15, 0.2) is 0 Å². The minimum absolute atomic E-state index is 0.111. The Morgan fingerprint density at radius 2 is 1.89 bits per heavy atom. The van der Waals surface area contributed by atoms with Gasteiger partial charge in [-0.3, -0.25) is 4.79 Å². The number of pyridine rings is 1. The minimum Gasteiger partial charge on any atom is -0.383 e. The normalized spacial score (nSPS) is 10.1. The minimum atomic E-state index is -0.825. The first-order valence-corrected chi connectivity index (χ1v) is 5.51. The van der Waals surface area contributed by atoms with Crippen LogP contribution in [0.1, 0.15) is 10.4 Å². The van der Waals surface area contributed by atoms with E-state index in [1.165, 1.54) is 13.2 Å². The van der Waals surface area contributed by atoms with Crippen molar-refractivity contribution in [2.45, 2.75) is 0 Å². The first kappa shape index (κ1) is 12.9. The molecule has 0 saturated carbocycles. The van der Waals surface area contributed by atoms with Gasteiger partial charge in [-0.1, -0.05) is 6.07 Å². The van der Waals surface area contributed by atoms with E-state index in [1.807, 2.05) is 0 Å². The molecule has 0 spiro atoms. The quantitative estimate of drug-likeness (QED) is 0.895. The van der Waals surface area contributed by atoms with Crippen LogP contribution in [0.2, 0.25) is 0 Å². The van der Waals surface area contributed by atoms with E-state index in [4.69, 9.17) is 0 Å². The Morgan fingerprint density at radius 1 is 1.21 bits per heavy atom. The number of hydrogen-bond acceptors (Lipinski definition) is 3. The number of halogens is 2. The topological polar surface area (TPSA) is 54.0 Å². The van der Waals surface area contributed by atoms with Crippen molar-refractivity contribution in [3.05, 3.63) is 53.7 Å². The summed E-state index contributed by atoms with van der Waals surface area (Å²) in [5, 5.41) is 4.83. The van der Waals surface area contributed by atoms with Crippen LogP contribution in [0, 0.1) is 11.6 Å². The number of carbonyl (C=O) groups excluding carboxylic acids is 1. The zero-order chi connectivity index (χ0) is 13.8. The van der Waals surface area contributed by atoms with Gasteiger partial charge in [0.1, 0.15) is 23.1 Å². The molecule has 0 bridgehead atoms. The molecule has 2 N–H and O–H groups in total. The van der Waals surface area contributed by atoms with E-state index in [9.17, 15) is 13.6 Å². The average Bonchev–Trinajstić information content (AvgIpc) is 2.39. The highest BCUT2D eigenvalue weighted by atomic mass is 19.1. The van der Waals surface area contributed by atoms with Gasteiger partial charge in [-0.2, -0.15) is 0 Å². The van der Waals surface area contributed by atoms with Crippen LogP contribution >= 0.6 is 0 Å². The Bertz CT molecular complexity index is 579. The molecule has 0 fully saturated rings. The number of nitrogens with zero attached hydrogens (tertiary/aromatic N) is 1. The Labute approximate surface area is 108 Å². The second kappa shape index (κ2) is 5.43. The molecule has 0 aliphatic carbocycles. The lowest BCUT2D eigenvalue weighted by Crippen LogP contribution is -2.14. The van der Waals surface area contributed by atoms with Gasteiger partial charge in [0.2, 0.25) is 0 Å². The lowest BCUT2D eigenvalue weighted by Gasteiger charge is -2.08. The summed E-state index contributed by atoms with van der Waals surface area (Å²) < 4.78 is 27.0. The third kappa shape index (κ3) is 2.85. The first-order chi connectivity index (χ1) is 9.11. The molecule has 2 rings (SSSR count). The van der Waals surface area contributed by atoms with E-state index >= 15 is 0 Å². The molecule has 0 radical (unpaired) electrons. The molecule has 6 heteroatoms. The maximum absolute atomic E-state index is 13.5. The van der Waals surface area contributed by atoms with Crippen molar-refractivity contribution in [3.63, 3.8) is 0 Å². The summed E-state index contributed by atoms with van der Waals surface area (Å²) in [5.41, 5.74) is -0.381. The lowest BCUT2D eigenvalue weighted by molar-refractivity contribution is 0.102. The van der Waals surface area contributed by atoms with E-state index in [1.54, 1.807) is 18.2 Å². The highest BCUT2D eigenvalue weighted by Gasteiger charge is 2.14. The van der Waals surface area contributed by atoms with Crippen LogP contribution in [0.4, 0.5) is 20.3 Å². The van der Waals surface area contributed by atoms with Crippen LogP contribution in [0.25, 0.3) is 0 Å². The molecular weight excluding hydrogens is 252 g/mol. The maximum atomic E-state index is 13.5. The standard InChI is InChI=1S/C13H11F2N3O/c1-16-12-9(14)6-8(7-10(12)15)13(19)18-11-4-2-3-5-17-11/h2-7,16H,1H3,(H,17,18,19).